The summed E-state index contributed by atoms with van der Waals surface area (Å²) in [5.74, 6) is 1.01. The van der Waals surface area contributed by atoms with Gasteiger partial charge in [0.15, 0.2) is 5.82 Å². The lowest BCUT2D eigenvalue weighted by molar-refractivity contribution is 1.03. The van der Waals surface area contributed by atoms with E-state index in [1.807, 2.05) is 0 Å². The van der Waals surface area contributed by atoms with Crippen LogP contribution < -0.4 is 5.32 Å². The lowest BCUT2D eigenvalue weighted by Crippen LogP contribution is -2.10. The number of aryl methyl sites for hydroxylation is 1. The van der Waals surface area contributed by atoms with Gasteiger partial charge in [0.1, 0.15) is 17.9 Å². The van der Waals surface area contributed by atoms with E-state index in [9.17, 15) is 0 Å². The highest BCUT2D eigenvalue weighted by molar-refractivity contribution is 6.31. The molecule has 0 aliphatic heterocycles. The number of benzene rings is 1. The number of aromatic nitrogens is 5. The topological polar surface area (TPSA) is 103 Å². The van der Waals surface area contributed by atoms with Gasteiger partial charge in [0.2, 0.25) is 0 Å². The molecule has 0 spiro atoms. The van der Waals surface area contributed by atoms with Gasteiger partial charge in [0, 0.05) is 40.8 Å². The second-order valence-corrected chi connectivity index (χ2v) is 5.35. The van der Waals surface area contributed by atoms with Crippen LogP contribution in [0.3, 0.4) is 0 Å². The zero-order valence-corrected chi connectivity index (χ0v) is 13.1. The van der Waals surface area contributed by atoms with Crippen molar-refractivity contribution in [1.82, 2.24) is 25.1 Å². The summed E-state index contributed by atoms with van der Waals surface area (Å²) in [5.41, 5.74) is 2.55. The Bertz CT molecular complexity index is 829. The van der Waals surface area contributed by atoms with E-state index in [0.717, 1.165) is 11.3 Å². The van der Waals surface area contributed by atoms with Gasteiger partial charge in [-0.15, -0.1) is 0 Å². The minimum atomic E-state index is 0.220. The van der Waals surface area contributed by atoms with E-state index in [1.54, 1.807) is 37.5 Å². The molecule has 2 heterocycles. The Morgan fingerprint density at radius 3 is 2.78 bits per heavy atom. The molecule has 1 aromatic carbocycles. The molecule has 0 amide bonds. The van der Waals surface area contributed by atoms with Gasteiger partial charge in [-0.2, -0.15) is 5.10 Å². The number of nitrogens with one attached hydrogen (secondary N) is 3. The van der Waals surface area contributed by atoms with Crippen LogP contribution in [0.15, 0.2) is 36.9 Å². The molecular formula is C15H14ClN7. The Labute approximate surface area is 137 Å². The molecule has 0 saturated heterocycles. The van der Waals surface area contributed by atoms with Gasteiger partial charge in [0.05, 0.1) is 0 Å². The SMILES string of the molecule is Cc1nc(C(=N)c2ccc(Cl)cc2NCc2cncnc2)n[nH]1. The maximum Gasteiger partial charge on any atom is 0.199 e. The number of halogens is 1. The van der Waals surface area contributed by atoms with Gasteiger partial charge in [0.25, 0.3) is 0 Å². The summed E-state index contributed by atoms with van der Waals surface area (Å²) in [4.78, 5) is 12.2. The zero-order valence-electron chi connectivity index (χ0n) is 12.3. The maximum absolute atomic E-state index is 8.33. The van der Waals surface area contributed by atoms with Crippen molar-refractivity contribution in [3.05, 3.63) is 64.7 Å². The number of H-pyrrole nitrogens is 1. The maximum atomic E-state index is 8.33. The highest BCUT2D eigenvalue weighted by Crippen LogP contribution is 2.23. The Kier molecular flexibility index (Phi) is 4.29. The summed E-state index contributed by atoms with van der Waals surface area (Å²) in [7, 11) is 0. The quantitative estimate of drug-likeness (QED) is 0.625. The van der Waals surface area contributed by atoms with E-state index in [1.165, 1.54) is 6.33 Å². The molecule has 3 N–H and O–H groups in total. The molecule has 2 aromatic heterocycles. The third-order valence-corrected chi connectivity index (χ3v) is 3.40. The Morgan fingerprint density at radius 1 is 1.30 bits per heavy atom. The van der Waals surface area contributed by atoms with Crippen LogP contribution >= 0.6 is 11.6 Å². The minimum absolute atomic E-state index is 0.220. The number of anilines is 1. The summed E-state index contributed by atoms with van der Waals surface area (Å²) < 4.78 is 0. The molecule has 8 heteroatoms. The van der Waals surface area contributed by atoms with Crippen LogP contribution in [0, 0.1) is 12.3 Å². The third kappa shape index (κ3) is 3.51. The summed E-state index contributed by atoms with van der Waals surface area (Å²) in [6, 6.07) is 5.29. The van der Waals surface area contributed by atoms with Gasteiger partial charge >= 0.3 is 0 Å². The van der Waals surface area contributed by atoms with Crippen LogP contribution in [0.25, 0.3) is 0 Å². The summed E-state index contributed by atoms with van der Waals surface area (Å²) in [6.07, 6.45) is 4.94. The van der Waals surface area contributed by atoms with Gasteiger partial charge in [-0.3, -0.25) is 10.5 Å². The molecule has 0 aliphatic rings. The molecule has 3 aromatic rings. The third-order valence-electron chi connectivity index (χ3n) is 3.17. The van der Waals surface area contributed by atoms with Crippen molar-refractivity contribution in [3.8, 4) is 0 Å². The van der Waals surface area contributed by atoms with Gasteiger partial charge in [-0.25, -0.2) is 15.0 Å². The molecule has 0 unspecified atom stereocenters. The summed E-state index contributed by atoms with van der Waals surface area (Å²) in [6.45, 7) is 2.31. The summed E-state index contributed by atoms with van der Waals surface area (Å²) >= 11 is 6.08. The molecule has 0 fully saturated rings. The largest absolute Gasteiger partial charge is 0.380 e. The standard InChI is InChI=1S/C15H14ClN7/c1-9-21-15(23-22-9)14(17)12-3-2-11(16)4-13(12)20-7-10-5-18-8-19-6-10/h2-6,8,17,20H,7H2,1H3,(H,21,22,23). The van der Waals surface area contributed by atoms with E-state index in [0.29, 0.717) is 28.8 Å². The fourth-order valence-electron chi connectivity index (χ4n) is 2.07. The molecule has 7 nitrogen and oxygen atoms in total. The fraction of sp³-hybridized carbons (Fsp3) is 0.133. The second kappa shape index (κ2) is 6.53. The van der Waals surface area contributed by atoms with Gasteiger partial charge in [-0.05, 0) is 25.1 Å². The highest BCUT2D eigenvalue weighted by atomic mass is 35.5. The average Bonchev–Trinajstić information content (AvgIpc) is 3.00. The average molecular weight is 328 g/mol. The van der Waals surface area contributed by atoms with Crippen LogP contribution in [0.1, 0.15) is 22.8 Å². The van der Waals surface area contributed by atoms with Crippen LogP contribution in [0.5, 0.6) is 0 Å². The number of rotatable bonds is 5. The summed E-state index contributed by atoms with van der Waals surface area (Å²) in [5, 5.41) is 18.9. The van der Waals surface area contributed by atoms with E-state index in [4.69, 9.17) is 17.0 Å². The lowest BCUT2D eigenvalue weighted by atomic mass is 10.1. The predicted molar refractivity (Wildman–Crippen MR) is 87.9 cm³/mol. The first-order valence-electron chi connectivity index (χ1n) is 6.89. The molecule has 0 saturated carbocycles. The Hall–Kier alpha value is -2.80. The Morgan fingerprint density at radius 2 is 2.09 bits per heavy atom. The van der Waals surface area contributed by atoms with Gasteiger partial charge < -0.3 is 5.32 Å². The van der Waals surface area contributed by atoms with Crippen molar-refractivity contribution in [2.45, 2.75) is 13.5 Å². The first kappa shape index (κ1) is 15.1. The molecule has 0 bridgehead atoms. The van der Waals surface area contributed by atoms with Crippen molar-refractivity contribution in [1.29, 1.82) is 5.41 Å². The normalized spacial score (nSPS) is 10.5. The van der Waals surface area contributed by atoms with Crippen LogP contribution in [-0.4, -0.2) is 30.9 Å². The van der Waals surface area contributed by atoms with Crippen LogP contribution in [0.4, 0.5) is 5.69 Å². The Balaban J connectivity index is 1.87. The number of aromatic amines is 1. The molecule has 116 valence electrons. The van der Waals surface area contributed by atoms with Crippen molar-refractivity contribution in [2.75, 3.05) is 5.32 Å². The van der Waals surface area contributed by atoms with E-state index < -0.39 is 0 Å². The van der Waals surface area contributed by atoms with Crippen LogP contribution in [-0.2, 0) is 6.54 Å². The molecule has 23 heavy (non-hydrogen) atoms. The zero-order chi connectivity index (χ0) is 16.2. The fourth-order valence-corrected chi connectivity index (χ4v) is 2.25. The highest BCUT2D eigenvalue weighted by Gasteiger charge is 2.14. The predicted octanol–water partition coefficient (Wildman–Crippen LogP) is 2.58. The monoisotopic (exact) mass is 327 g/mol. The molecule has 0 aliphatic carbocycles. The first-order chi connectivity index (χ1) is 11.1. The molecular weight excluding hydrogens is 314 g/mol. The van der Waals surface area contributed by atoms with Crippen molar-refractivity contribution < 1.29 is 0 Å². The molecule has 3 rings (SSSR count). The molecule has 0 radical (unpaired) electrons. The first-order valence-corrected chi connectivity index (χ1v) is 7.27. The van der Waals surface area contributed by atoms with E-state index in [2.05, 4.69) is 30.5 Å². The van der Waals surface area contributed by atoms with E-state index in [-0.39, 0.29) is 5.71 Å². The van der Waals surface area contributed by atoms with E-state index >= 15 is 0 Å². The second-order valence-electron chi connectivity index (χ2n) is 4.91. The van der Waals surface area contributed by atoms with Crippen molar-refractivity contribution >= 4 is 23.0 Å². The number of hydrogen-bond donors (Lipinski definition) is 3. The number of nitrogens with zero attached hydrogens (tertiary/aromatic N) is 4. The minimum Gasteiger partial charge on any atom is -0.380 e. The van der Waals surface area contributed by atoms with Crippen LogP contribution in [0.2, 0.25) is 5.02 Å². The molecule has 0 atom stereocenters. The van der Waals surface area contributed by atoms with Gasteiger partial charge in [-0.1, -0.05) is 11.6 Å². The van der Waals surface area contributed by atoms with Crippen molar-refractivity contribution in [2.24, 2.45) is 0 Å². The lowest BCUT2D eigenvalue weighted by Gasteiger charge is -2.12. The smallest absolute Gasteiger partial charge is 0.199 e. The van der Waals surface area contributed by atoms with Crippen molar-refractivity contribution in [3.63, 3.8) is 0 Å². The number of hydrogen-bond acceptors (Lipinski definition) is 6.